The number of rotatable bonds is 10. The van der Waals surface area contributed by atoms with E-state index in [1.54, 1.807) is 0 Å². The normalized spacial score (nSPS) is 17.3. The minimum atomic E-state index is -0.0530. The molecule has 4 heteroatoms. The lowest BCUT2D eigenvalue weighted by Crippen LogP contribution is -2.31. The summed E-state index contributed by atoms with van der Waals surface area (Å²) >= 11 is 0. The lowest BCUT2D eigenvalue weighted by molar-refractivity contribution is -0.143. The van der Waals surface area contributed by atoms with Crippen molar-refractivity contribution in [3.63, 3.8) is 0 Å². The number of esters is 1. The monoisotopic (exact) mass is 284 g/mol. The molecule has 0 aromatic rings. The summed E-state index contributed by atoms with van der Waals surface area (Å²) in [6.07, 6.45) is 7.83. The highest BCUT2D eigenvalue weighted by atomic mass is 16.5. The molecule has 0 radical (unpaired) electrons. The molecule has 1 rings (SSSR count). The SMILES string of the molecule is CCOC(=O)CCCCCNCCC1CCN(C)CC1. The standard InChI is InChI=1S/C16H32N2O2/c1-3-20-16(19)7-5-4-6-11-17-12-8-15-9-13-18(2)14-10-15/h15,17H,3-14H2,1-2H3. The molecule has 0 spiro atoms. The second-order valence-electron chi connectivity index (χ2n) is 5.90. The molecule has 20 heavy (non-hydrogen) atoms. The molecule has 4 nitrogen and oxygen atoms in total. The zero-order valence-electron chi connectivity index (χ0n) is 13.3. The van der Waals surface area contributed by atoms with E-state index in [0.717, 1.165) is 38.3 Å². The van der Waals surface area contributed by atoms with Gasteiger partial charge >= 0.3 is 5.97 Å². The number of carbonyl (C=O) groups is 1. The van der Waals surface area contributed by atoms with Crippen LogP contribution in [0.3, 0.4) is 0 Å². The Morgan fingerprint density at radius 2 is 1.95 bits per heavy atom. The fourth-order valence-corrected chi connectivity index (χ4v) is 2.71. The highest BCUT2D eigenvalue weighted by molar-refractivity contribution is 5.69. The van der Waals surface area contributed by atoms with Gasteiger partial charge in [0, 0.05) is 6.42 Å². The van der Waals surface area contributed by atoms with Crippen LogP contribution in [0.25, 0.3) is 0 Å². The van der Waals surface area contributed by atoms with Crippen molar-refractivity contribution in [3.05, 3.63) is 0 Å². The summed E-state index contributed by atoms with van der Waals surface area (Å²) in [7, 11) is 2.21. The quantitative estimate of drug-likeness (QED) is 0.494. The van der Waals surface area contributed by atoms with Crippen LogP contribution in [0.1, 0.15) is 51.9 Å². The number of hydrogen-bond acceptors (Lipinski definition) is 4. The minimum absolute atomic E-state index is 0.0530. The Hall–Kier alpha value is -0.610. The van der Waals surface area contributed by atoms with Gasteiger partial charge in [-0.1, -0.05) is 6.42 Å². The third kappa shape index (κ3) is 8.54. The van der Waals surface area contributed by atoms with Crippen LogP contribution in [0.2, 0.25) is 0 Å². The second-order valence-corrected chi connectivity index (χ2v) is 5.90. The van der Waals surface area contributed by atoms with E-state index in [9.17, 15) is 4.79 Å². The van der Waals surface area contributed by atoms with Gasteiger partial charge in [0.15, 0.2) is 0 Å². The van der Waals surface area contributed by atoms with Crippen LogP contribution in [0, 0.1) is 5.92 Å². The first-order valence-corrected chi connectivity index (χ1v) is 8.27. The third-order valence-corrected chi connectivity index (χ3v) is 4.11. The van der Waals surface area contributed by atoms with Gasteiger partial charge in [0.1, 0.15) is 0 Å². The van der Waals surface area contributed by atoms with Crippen molar-refractivity contribution in [1.82, 2.24) is 10.2 Å². The van der Waals surface area contributed by atoms with Crippen molar-refractivity contribution in [2.75, 3.05) is 39.8 Å². The molecule has 118 valence electrons. The number of nitrogens with one attached hydrogen (secondary N) is 1. The van der Waals surface area contributed by atoms with Gasteiger partial charge in [-0.15, -0.1) is 0 Å². The van der Waals surface area contributed by atoms with Crippen LogP contribution in [-0.4, -0.2) is 50.7 Å². The Morgan fingerprint density at radius 3 is 2.65 bits per heavy atom. The van der Waals surface area contributed by atoms with Gasteiger partial charge in [-0.25, -0.2) is 0 Å². The maximum absolute atomic E-state index is 11.1. The highest BCUT2D eigenvalue weighted by Gasteiger charge is 2.15. The molecule has 0 aliphatic carbocycles. The molecule has 1 fully saturated rings. The molecular weight excluding hydrogens is 252 g/mol. The summed E-state index contributed by atoms with van der Waals surface area (Å²) in [5, 5.41) is 3.53. The molecule has 0 aromatic carbocycles. The van der Waals surface area contributed by atoms with Crippen molar-refractivity contribution in [1.29, 1.82) is 0 Å². The van der Waals surface area contributed by atoms with Crippen molar-refractivity contribution in [2.45, 2.75) is 51.9 Å². The molecule has 1 aliphatic heterocycles. The summed E-state index contributed by atoms with van der Waals surface area (Å²) in [5.74, 6) is 0.866. The van der Waals surface area contributed by atoms with E-state index >= 15 is 0 Å². The number of hydrogen-bond donors (Lipinski definition) is 1. The lowest BCUT2D eigenvalue weighted by Gasteiger charge is -2.28. The van der Waals surface area contributed by atoms with Crippen molar-refractivity contribution in [3.8, 4) is 0 Å². The van der Waals surface area contributed by atoms with Crippen molar-refractivity contribution < 1.29 is 9.53 Å². The predicted octanol–water partition coefficient (Wildman–Crippen LogP) is 2.43. The number of unbranched alkanes of at least 4 members (excludes halogenated alkanes) is 2. The Labute approximate surface area is 124 Å². The van der Waals surface area contributed by atoms with Crippen molar-refractivity contribution >= 4 is 5.97 Å². The van der Waals surface area contributed by atoms with Crippen LogP contribution in [0.5, 0.6) is 0 Å². The first kappa shape index (κ1) is 17.4. The number of carbonyl (C=O) groups excluding carboxylic acids is 1. The number of nitrogens with zero attached hydrogens (tertiary/aromatic N) is 1. The maximum atomic E-state index is 11.1. The smallest absolute Gasteiger partial charge is 0.305 e. The zero-order valence-corrected chi connectivity index (χ0v) is 13.3. The molecular formula is C16H32N2O2. The number of piperidine rings is 1. The summed E-state index contributed by atoms with van der Waals surface area (Å²) in [4.78, 5) is 13.6. The van der Waals surface area contributed by atoms with Gasteiger partial charge < -0.3 is 15.0 Å². The molecule has 1 heterocycles. The zero-order chi connectivity index (χ0) is 14.6. The van der Waals surface area contributed by atoms with E-state index in [0.29, 0.717) is 13.0 Å². The molecule has 0 bridgehead atoms. The molecule has 0 atom stereocenters. The molecule has 1 aliphatic rings. The first-order valence-electron chi connectivity index (χ1n) is 8.27. The molecule has 0 aromatic heterocycles. The van der Waals surface area contributed by atoms with Crippen LogP contribution in [-0.2, 0) is 9.53 Å². The van der Waals surface area contributed by atoms with E-state index in [1.807, 2.05) is 6.92 Å². The van der Waals surface area contributed by atoms with Gasteiger partial charge in [-0.05, 0) is 78.2 Å². The molecule has 1 N–H and O–H groups in total. The maximum Gasteiger partial charge on any atom is 0.305 e. The van der Waals surface area contributed by atoms with Crippen LogP contribution >= 0.6 is 0 Å². The summed E-state index contributed by atoms with van der Waals surface area (Å²) < 4.78 is 4.90. The average molecular weight is 284 g/mol. The lowest BCUT2D eigenvalue weighted by atomic mass is 9.94. The fourth-order valence-electron chi connectivity index (χ4n) is 2.71. The van der Waals surface area contributed by atoms with Gasteiger partial charge in [0.05, 0.1) is 6.61 Å². The number of likely N-dealkylation sites (tertiary alicyclic amines) is 1. The van der Waals surface area contributed by atoms with E-state index < -0.39 is 0 Å². The molecule has 1 saturated heterocycles. The fraction of sp³-hybridized carbons (Fsp3) is 0.938. The summed E-state index contributed by atoms with van der Waals surface area (Å²) in [6, 6.07) is 0. The Morgan fingerprint density at radius 1 is 1.20 bits per heavy atom. The van der Waals surface area contributed by atoms with Gasteiger partial charge in [0.2, 0.25) is 0 Å². The number of ether oxygens (including phenoxy) is 1. The topological polar surface area (TPSA) is 41.6 Å². The Kier molecular flexibility index (Phi) is 9.67. The van der Waals surface area contributed by atoms with Gasteiger partial charge in [-0.2, -0.15) is 0 Å². The van der Waals surface area contributed by atoms with Crippen LogP contribution < -0.4 is 5.32 Å². The van der Waals surface area contributed by atoms with Gasteiger partial charge in [-0.3, -0.25) is 4.79 Å². The van der Waals surface area contributed by atoms with E-state index in [4.69, 9.17) is 4.74 Å². The van der Waals surface area contributed by atoms with Crippen molar-refractivity contribution in [2.24, 2.45) is 5.92 Å². The highest BCUT2D eigenvalue weighted by Crippen LogP contribution is 2.18. The summed E-state index contributed by atoms with van der Waals surface area (Å²) in [5.41, 5.74) is 0. The van der Waals surface area contributed by atoms with Crippen LogP contribution in [0.15, 0.2) is 0 Å². The largest absolute Gasteiger partial charge is 0.466 e. The minimum Gasteiger partial charge on any atom is -0.466 e. The molecule has 0 amide bonds. The second kappa shape index (κ2) is 11.1. The predicted molar refractivity (Wildman–Crippen MR) is 82.8 cm³/mol. The average Bonchev–Trinajstić information content (AvgIpc) is 2.44. The molecule has 0 saturated carbocycles. The third-order valence-electron chi connectivity index (χ3n) is 4.11. The van der Waals surface area contributed by atoms with E-state index in [-0.39, 0.29) is 5.97 Å². The summed E-state index contributed by atoms with van der Waals surface area (Å²) in [6.45, 7) is 7.10. The van der Waals surface area contributed by atoms with Gasteiger partial charge in [0.25, 0.3) is 0 Å². The van der Waals surface area contributed by atoms with E-state index in [2.05, 4.69) is 17.3 Å². The Balaban J connectivity index is 1.82. The Bertz CT molecular complexity index is 251. The van der Waals surface area contributed by atoms with E-state index in [1.165, 1.54) is 32.4 Å². The first-order chi connectivity index (χ1) is 9.72. The van der Waals surface area contributed by atoms with Crippen LogP contribution in [0.4, 0.5) is 0 Å². The molecule has 0 unspecified atom stereocenters.